The summed E-state index contributed by atoms with van der Waals surface area (Å²) < 4.78 is 39.6. The summed E-state index contributed by atoms with van der Waals surface area (Å²) in [7, 11) is -0.912. The zero-order valence-corrected chi connectivity index (χ0v) is 20.8. The third kappa shape index (κ3) is 5.69. The van der Waals surface area contributed by atoms with Crippen molar-refractivity contribution in [3.63, 3.8) is 0 Å². The Morgan fingerprint density at radius 3 is 2.06 bits per heavy atom. The molecule has 1 N–H and O–H groups in total. The summed E-state index contributed by atoms with van der Waals surface area (Å²) in [6, 6.07) is 19.0. The molecule has 0 saturated heterocycles. The number of hydrogen-bond donors (Lipinski definition) is 1. The van der Waals surface area contributed by atoms with Crippen LogP contribution >= 0.6 is 0 Å². The molecule has 0 bridgehead atoms. The van der Waals surface area contributed by atoms with Crippen LogP contribution in [0.3, 0.4) is 0 Å². The molecule has 0 aliphatic heterocycles. The number of rotatable bonds is 9. The van der Waals surface area contributed by atoms with Gasteiger partial charge in [-0.05, 0) is 53.4 Å². The van der Waals surface area contributed by atoms with Crippen molar-refractivity contribution < 1.29 is 22.7 Å². The zero-order chi connectivity index (χ0) is 24.9. The average molecular weight is 483 g/mol. The highest BCUT2D eigenvalue weighted by Crippen LogP contribution is 2.35. The van der Waals surface area contributed by atoms with E-state index in [2.05, 4.69) is 19.2 Å². The van der Waals surface area contributed by atoms with Crippen molar-refractivity contribution in [3.8, 4) is 11.5 Å². The van der Waals surface area contributed by atoms with E-state index in [-0.39, 0.29) is 17.3 Å². The van der Waals surface area contributed by atoms with Crippen molar-refractivity contribution in [2.45, 2.75) is 38.1 Å². The van der Waals surface area contributed by atoms with E-state index in [1.807, 2.05) is 24.3 Å². The van der Waals surface area contributed by atoms with Crippen LogP contribution in [0.5, 0.6) is 11.5 Å². The second-order valence-corrected chi connectivity index (χ2v) is 10.0. The second-order valence-electron chi connectivity index (χ2n) is 8.15. The molecule has 0 unspecified atom stereocenters. The van der Waals surface area contributed by atoms with Gasteiger partial charge in [-0.15, -0.1) is 0 Å². The number of nitrogens with one attached hydrogen (secondary N) is 1. The van der Waals surface area contributed by atoms with Gasteiger partial charge in [-0.1, -0.05) is 38.1 Å². The Morgan fingerprint density at radius 2 is 1.53 bits per heavy atom. The maximum atomic E-state index is 13.8. The number of carbonyl (C=O) groups excluding carboxylic acids is 1. The molecule has 7 nitrogen and oxygen atoms in total. The zero-order valence-electron chi connectivity index (χ0n) is 20.0. The molecule has 8 heteroatoms. The van der Waals surface area contributed by atoms with E-state index in [1.165, 1.54) is 43.1 Å². The number of ether oxygens (including phenoxy) is 2. The van der Waals surface area contributed by atoms with E-state index in [9.17, 15) is 13.2 Å². The van der Waals surface area contributed by atoms with Crippen LogP contribution in [-0.2, 0) is 21.4 Å². The number of benzene rings is 3. The first-order valence-electron chi connectivity index (χ1n) is 10.9. The number of anilines is 2. The monoisotopic (exact) mass is 482 g/mol. The van der Waals surface area contributed by atoms with Crippen molar-refractivity contribution in [2.75, 3.05) is 23.8 Å². The van der Waals surface area contributed by atoms with Gasteiger partial charge in [0.1, 0.15) is 0 Å². The van der Waals surface area contributed by atoms with E-state index in [4.69, 9.17) is 9.47 Å². The van der Waals surface area contributed by atoms with Gasteiger partial charge in [0.25, 0.3) is 10.0 Å². The molecule has 0 fully saturated rings. The Labute approximate surface area is 201 Å². The summed E-state index contributed by atoms with van der Waals surface area (Å²) in [5, 5.41) is 2.65. The van der Waals surface area contributed by atoms with Gasteiger partial charge in [0.15, 0.2) is 11.5 Å². The molecule has 180 valence electrons. The summed E-state index contributed by atoms with van der Waals surface area (Å²) in [6.45, 7) is 5.75. The Balaban J connectivity index is 2.05. The molecule has 0 radical (unpaired) electrons. The molecule has 0 aromatic heterocycles. The molecule has 3 rings (SSSR count). The summed E-state index contributed by atoms with van der Waals surface area (Å²) in [4.78, 5) is 11.4. The normalized spacial score (nSPS) is 11.2. The molecule has 0 aliphatic carbocycles. The number of sulfonamides is 1. The number of methoxy groups -OCH3 is 2. The Bertz CT molecular complexity index is 1240. The van der Waals surface area contributed by atoms with Crippen molar-refractivity contribution in [1.82, 2.24) is 0 Å². The molecular weight excluding hydrogens is 452 g/mol. The van der Waals surface area contributed by atoms with E-state index in [0.29, 0.717) is 28.8 Å². The molecule has 34 heavy (non-hydrogen) atoms. The third-order valence-corrected chi connectivity index (χ3v) is 7.18. The topological polar surface area (TPSA) is 84.9 Å². The van der Waals surface area contributed by atoms with Crippen molar-refractivity contribution in [1.29, 1.82) is 0 Å². The van der Waals surface area contributed by atoms with Crippen LogP contribution < -0.4 is 19.1 Å². The maximum absolute atomic E-state index is 13.8. The number of nitrogens with zero attached hydrogens (tertiary/aromatic N) is 1. The smallest absolute Gasteiger partial charge is 0.264 e. The van der Waals surface area contributed by atoms with Crippen LogP contribution in [0.2, 0.25) is 0 Å². The molecule has 3 aromatic rings. The minimum atomic E-state index is -3.94. The summed E-state index contributed by atoms with van der Waals surface area (Å²) >= 11 is 0. The molecular formula is C26H30N2O5S. The van der Waals surface area contributed by atoms with Gasteiger partial charge in [-0.2, -0.15) is 0 Å². The molecule has 1 amide bonds. The predicted molar refractivity (Wildman–Crippen MR) is 134 cm³/mol. The van der Waals surface area contributed by atoms with Crippen molar-refractivity contribution >= 4 is 27.3 Å². The summed E-state index contributed by atoms with van der Waals surface area (Å²) in [5.74, 6) is 1.08. The Hall–Kier alpha value is -3.52. The predicted octanol–water partition coefficient (Wildman–Crippen LogP) is 5.18. The Morgan fingerprint density at radius 1 is 0.912 bits per heavy atom. The lowest BCUT2D eigenvalue weighted by molar-refractivity contribution is -0.114. The van der Waals surface area contributed by atoms with Gasteiger partial charge in [0.2, 0.25) is 5.91 Å². The van der Waals surface area contributed by atoms with Gasteiger partial charge >= 0.3 is 0 Å². The average Bonchev–Trinajstić information content (AvgIpc) is 2.82. The number of carbonyl (C=O) groups is 1. The fraction of sp³-hybridized carbons (Fsp3) is 0.269. The standard InChI is InChI=1S/C26H30N2O5S/c1-18(2)21-8-6-20(7-9-21)17-28(23-12-15-25(32-4)26(16-23)33-5)34(30,31)24-13-10-22(11-14-24)27-19(3)29/h6-16,18H,17H2,1-5H3,(H,27,29). The van der Waals surface area contributed by atoms with Crippen LogP contribution in [0.1, 0.15) is 37.8 Å². The number of hydrogen-bond acceptors (Lipinski definition) is 5. The van der Waals surface area contributed by atoms with Crippen LogP contribution in [0.4, 0.5) is 11.4 Å². The van der Waals surface area contributed by atoms with Gasteiger partial charge in [-0.25, -0.2) is 8.42 Å². The highest BCUT2D eigenvalue weighted by Gasteiger charge is 2.26. The Kier molecular flexibility index (Phi) is 7.83. The SMILES string of the molecule is COc1ccc(N(Cc2ccc(C(C)C)cc2)S(=O)(=O)c2ccc(NC(C)=O)cc2)cc1OC. The highest BCUT2D eigenvalue weighted by molar-refractivity contribution is 7.92. The van der Waals surface area contributed by atoms with Gasteiger partial charge in [0, 0.05) is 18.7 Å². The van der Waals surface area contributed by atoms with E-state index in [1.54, 1.807) is 30.3 Å². The van der Waals surface area contributed by atoms with E-state index in [0.717, 1.165) is 5.56 Å². The van der Waals surface area contributed by atoms with Crippen LogP contribution in [0.25, 0.3) is 0 Å². The molecule has 0 saturated carbocycles. The van der Waals surface area contributed by atoms with Gasteiger partial charge in [0.05, 0.1) is 31.3 Å². The third-order valence-electron chi connectivity index (χ3n) is 5.39. The lowest BCUT2D eigenvalue weighted by atomic mass is 10.0. The molecule has 3 aromatic carbocycles. The van der Waals surface area contributed by atoms with E-state index >= 15 is 0 Å². The molecule has 0 heterocycles. The molecule has 0 atom stereocenters. The first kappa shape index (κ1) is 25.1. The quantitative estimate of drug-likeness (QED) is 0.454. The van der Waals surface area contributed by atoms with Crippen molar-refractivity contribution in [2.24, 2.45) is 0 Å². The first-order valence-corrected chi connectivity index (χ1v) is 12.3. The fourth-order valence-corrected chi connectivity index (χ4v) is 4.95. The van der Waals surface area contributed by atoms with Gasteiger partial charge in [-0.3, -0.25) is 9.10 Å². The van der Waals surface area contributed by atoms with Crippen LogP contribution in [0, 0.1) is 0 Å². The minimum Gasteiger partial charge on any atom is -0.493 e. The lowest BCUT2D eigenvalue weighted by Gasteiger charge is -2.26. The van der Waals surface area contributed by atoms with E-state index < -0.39 is 10.0 Å². The maximum Gasteiger partial charge on any atom is 0.264 e. The van der Waals surface area contributed by atoms with Crippen molar-refractivity contribution in [3.05, 3.63) is 77.9 Å². The largest absolute Gasteiger partial charge is 0.493 e. The van der Waals surface area contributed by atoms with Crippen LogP contribution in [0.15, 0.2) is 71.6 Å². The molecule has 0 aliphatic rings. The summed E-state index contributed by atoms with van der Waals surface area (Å²) in [5.41, 5.74) is 2.99. The fourth-order valence-electron chi connectivity index (χ4n) is 3.51. The second kappa shape index (κ2) is 10.6. The van der Waals surface area contributed by atoms with Gasteiger partial charge < -0.3 is 14.8 Å². The lowest BCUT2D eigenvalue weighted by Crippen LogP contribution is -2.30. The highest BCUT2D eigenvalue weighted by atomic mass is 32.2. The summed E-state index contributed by atoms with van der Waals surface area (Å²) in [6.07, 6.45) is 0. The minimum absolute atomic E-state index is 0.107. The van der Waals surface area contributed by atoms with Crippen LogP contribution in [-0.4, -0.2) is 28.5 Å². The number of amides is 1. The first-order chi connectivity index (χ1) is 16.1. The molecule has 0 spiro atoms.